The van der Waals surface area contributed by atoms with E-state index in [1.807, 2.05) is 67.7 Å². The topological polar surface area (TPSA) is 94.3 Å². The van der Waals surface area contributed by atoms with Crippen molar-refractivity contribution >= 4 is 40.1 Å². The van der Waals surface area contributed by atoms with E-state index in [0.29, 0.717) is 31.1 Å². The van der Waals surface area contributed by atoms with Crippen LogP contribution in [0.3, 0.4) is 0 Å². The van der Waals surface area contributed by atoms with E-state index in [1.165, 1.54) is 12.1 Å². The third-order valence-corrected chi connectivity index (χ3v) is 7.72. The van der Waals surface area contributed by atoms with Crippen molar-refractivity contribution < 1.29 is 18.4 Å². The van der Waals surface area contributed by atoms with E-state index in [2.05, 4.69) is 10.3 Å². The summed E-state index contributed by atoms with van der Waals surface area (Å²) in [4.78, 5) is 33.8. The number of likely N-dealkylation sites (tertiary alicyclic amines) is 1. The van der Waals surface area contributed by atoms with Gasteiger partial charge in [-0.15, -0.1) is 11.3 Å². The summed E-state index contributed by atoms with van der Waals surface area (Å²) in [6.07, 6.45) is -0.949. The van der Waals surface area contributed by atoms with E-state index >= 15 is 0 Å². The second kappa shape index (κ2) is 10.4. The number of aromatic nitrogens is 2. The van der Waals surface area contributed by atoms with Crippen LogP contribution in [0.4, 0.5) is 14.7 Å². The van der Waals surface area contributed by atoms with Gasteiger partial charge in [-0.25, -0.2) is 13.8 Å². The number of carbonyl (C=O) groups is 2. The molecule has 194 valence electrons. The molecule has 1 aromatic carbocycles. The highest BCUT2D eigenvalue weighted by molar-refractivity contribution is 7.14. The Morgan fingerprint density at radius 3 is 2.59 bits per heavy atom. The Balaban J connectivity index is 1.49. The summed E-state index contributed by atoms with van der Waals surface area (Å²) in [5.41, 5.74) is 1.15. The van der Waals surface area contributed by atoms with Gasteiger partial charge in [-0.05, 0) is 58.3 Å². The van der Waals surface area contributed by atoms with Gasteiger partial charge in [-0.3, -0.25) is 14.9 Å². The minimum Gasteiger partial charge on any atom is -0.337 e. The maximum Gasteiger partial charge on any atom is 0.272 e. The van der Waals surface area contributed by atoms with Gasteiger partial charge in [0, 0.05) is 31.1 Å². The Hall–Kier alpha value is -3.62. The van der Waals surface area contributed by atoms with E-state index in [9.17, 15) is 23.6 Å². The molecule has 0 saturated carbocycles. The number of nitriles is 1. The summed E-state index contributed by atoms with van der Waals surface area (Å²) >= 11 is 0.746. The van der Waals surface area contributed by atoms with Gasteiger partial charge < -0.3 is 14.4 Å². The van der Waals surface area contributed by atoms with Crippen LogP contribution in [0.15, 0.2) is 48.0 Å². The van der Waals surface area contributed by atoms with Crippen LogP contribution in [0.2, 0.25) is 0 Å². The van der Waals surface area contributed by atoms with Gasteiger partial charge in [0.05, 0.1) is 20.8 Å². The number of benzene rings is 1. The van der Waals surface area contributed by atoms with E-state index in [1.54, 1.807) is 11.0 Å². The molecule has 0 atom stereocenters. The summed E-state index contributed by atoms with van der Waals surface area (Å²) in [6.45, 7) is 5.27. The number of amides is 2. The standard InChI is InChI=1S/C26H28F2N6O2S/c1-26(2,32(3)4)11-17(12-29)24(36)33-13-16(14-33)15-34-19-8-6-5-7-18(19)30-25(34)31-23(35)21-10-9-20(37-21)22(27)28/h5-11,16,22H,13-15H2,1-4H3,(H,30,31,35)/b17-11-. The summed E-state index contributed by atoms with van der Waals surface area (Å²) < 4.78 is 27.8. The van der Waals surface area contributed by atoms with Crippen LogP contribution in [0.5, 0.6) is 0 Å². The highest BCUT2D eigenvalue weighted by Gasteiger charge is 2.34. The molecule has 37 heavy (non-hydrogen) atoms. The van der Waals surface area contributed by atoms with Gasteiger partial charge in [0.2, 0.25) is 5.95 Å². The molecule has 2 amide bonds. The molecule has 8 nitrogen and oxygen atoms in total. The molecule has 1 saturated heterocycles. The van der Waals surface area contributed by atoms with E-state index in [-0.39, 0.29) is 27.2 Å². The molecule has 11 heteroatoms. The molecule has 0 aliphatic carbocycles. The van der Waals surface area contributed by atoms with Crippen LogP contribution >= 0.6 is 11.3 Å². The van der Waals surface area contributed by atoms with Crippen molar-refractivity contribution in [2.75, 3.05) is 32.5 Å². The molecule has 1 N–H and O–H groups in total. The summed E-state index contributed by atoms with van der Waals surface area (Å²) in [6, 6.07) is 12.1. The Morgan fingerprint density at radius 1 is 1.27 bits per heavy atom. The molecule has 0 unspecified atom stereocenters. The van der Waals surface area contributed by atoms with E-state index in [0.717, 1.165) is 16.9 Å². The Morgan fingerprint density at radius 2 is 1.97 bits per heavy atom. The lowest BCUT2D eigenvalue weighted by Gasteiger charge is -2.40. The van der Waals surface area contributed by atoms with Crippen molar-refractivity contribution in [3.8, 4) is 6.07 Å². The van der Waals surface area contributed by atoms with Crippen LogP contribution < -0.4 is 5.32 Å². The average molecular weight is 527 g/mol. The minimum atomic E-state index is -2.63. The average Bonchev–Trinajstić information content (AvgIpc) is 3.44. The van der Waals surface area contributed by atoms with Crippen molar-refractivity contribution in [3.05, 3.63) is 57.8 Å². The van der Waals surface area contributed by atoms with Gasteiger partial charge >= 0.3 is 0 Å². The highest BCUT2D eigenvalue weighted by atomic mass is 32.1. The number of carbonyl (C=O) groups excluding carboxylic acids is 2. The predicted molar refractivity (Wildman–Crippen MR) is 138 cm³/mol. The number of fused-ring (bicyclic) bond motifs is 1. The molecule has 1 aliphatic heterocycles. The Kier molecular flexibility index (Phi) is 7.43. The van der Waals surface area contributed by atoms with Crippen LogP contribution in [-0.2, 0) is 11.3 Å². The largest absolute Gasteiger partial charge is 0.337 e. The molecule has 1 aliphatic rings. The number of anilines is 1. The van der Waals surface area contributed by atoms with Crippen molar-refractivity contribution in [1.82, 2.24) is 19.4 Å². The van der Waals surface area contributed by atoms with Crippen molar-refractivity contribution in [2.24, 2.45) is 5.92 Å². The first-order valence-electron chi connectivity index (χ1n) is 11.7. The number of para-hydroxylation sites is 2. The summed E-state index contributed by atoms with van der Waals surface area (Å²) in [7, 11) is 3.77. The number of likely N-dealkylation sites (N-methyl/N-ethyl adjacent to an activating group) is 1. The van der Waals surface area contributed by atoms with Gasteiger partial charge in [-0.1, -0.05) is 12.1 Å². The van der Waals surface area contributed by atoms with Crippen molar-refractivity contribution in [1.29, 1.82) is 5.26 Å². The number of nitrogens with zero attached hydrogens (tertiary/aromatic N) is 5. The fraction of sp³-hybridized carbons (Fsp3) is 0.385. The van der Waals surface area contributed by atoms with Crippen molar-refractivity contribution in [3.63, 3.8) is 0 Å². The maximum absolute atomic E-state index is 13.0. The van der Waals surface area contributed by atoms with Crippen LogP contribution in [0, 0.1) is 17.2 Å². The number of hydrogen-bond acceptors (Lipinski definition) is 6. The molecule has 4 rings (SSSR count). The Labute approximate surface area is 217 Å². The molecule has 3 heterocycles. The van der Waals surface area contributed by atoms with Crippen LogP contribution in [0.25, 0.3) is 11.0 Å². The number of thiophene rings is 1. The van der Waals surface area contributed by atoms with E-state index < -0.39 is 17.9 Å². The third kappa shape index (κ3) is 5.55. The zero-order valence-corrected chi connectivity index (χ0v) is 21.9. The molecular formula is C26H28F2N6O2S. The fourth-order valence-electron chi connectivity index (χ4n) is 4.01. The predicted octanol–water partition coefficient (Wildman–Crippen LogP) is 4.54. The fourth-order valence-corrected chi connectivity index (χ4v) is 4.77. The SMILES string of the molecule is CN(C)C(C)(C)/C=C(/C#N)C(=O)N1CC(Cn2c(NC(=O)c3ccc(C(F)F)s3)nc3ccccc32)C1. The number of nitrogens with one attached hydrogen (secondary N) is 1. The number of alkyl halides is 2. The highest BCUT2D eigenvalue weighted by Crippen LogP contribution is 2.29. The number of imidazole rings is 1. The molecule has 0 spiro atoms. The lowest BCUT2D eigenvalue weighted by atomic mass is 9.96. The van der Waals surface area contributed by atoms with Gasteiger partial charge in [0.25, 0.3) is 18.2 Å². The first-order valence-corrected chi connectivity index (χ1v) is 12.6. The molecular weight excluding hydrogens is 498 g/mol. The second-order valence-electron chi connectivity index (χ2n) is 9.79. The minimum absolute atomic E-state index is 0.0891. The van der Waals surface area contributed by atoms with Crippen LogP contribution in [-0.4, -0.2) is 63.9 Å². The summed E-state index contributed by atoms with van der Waals surface area (Å²) in [5, 5.41) is 12.3. The van der Waals surface area contributed by atoms with Gasteiger partial charge in [-0.2, -0.15) is 5.26 Å². The zero-order chi connectivity index (χ0) is 26.9. The first kappa shape index (κ1) is 26.4. The second-order valence-corrected chi connectivity index (χ2v) is 10.9. The van der Waals surface area contributed by atoms with Crippen LogP contribution in [0.1, 0.15) is 34.8 Å². The molecule has 1 fully saturated rings. The maximum atomic E-state index is 13.0. The van der Waals surface area contributed by atoms with Gasteiger partial charge in [0.1, 0.15) is 11.6 Å². The van der Waals surface area contributed by atoms with E-state index in [4.69, 9.17) is 0 Å². The molecule has 0 radical (unpaired) electrons. The molecule has 2 aromatic heterocycles. The zero-order valence-electron chi connectivity index (χ0n) is 21.0. The normalized spacial score (nSPS) is 14.8. The lowest BCUT2D eigenvalue weighted by Crippen LogP contribution is -2.52. The van der Waals surface area contributed by atoms with Gasteiger partial charge in [0.15, 0.2) is 0 Å². The number of halogens is 2. The summed E-state index contributed by atoms with van der Waals surface area (Å²) in [5.74, 6) is -0.407. The first-order chi connectivity index (χ1) is 17.5. The molecule has 0 bridgehead atoms. The van der Waals surface area contributed by atoms with Crippen molar-refractivity contribution in [2.45, 2.75) is 32.4 Å². The lowest BCUT2D eigenvalue weighted by molar-refractivity contribution is -0.133. The number of rotatable bonds is 8. The number of hydrogen-bond donors (Lipinski definition) is 1. The smallest absolute Gasteiger partial charge is 0.272 e. The Bertz CT molecular complexity index is 1400. The monoisotopic (exact) mass is 526 g/mol. The third-order valence-electron chi connectivity index (χ3n) is 6.63. The molecule has 3 aromatic rings. The quantitative estimate of drug-likeness (QED) is 0.344.